The molecule has 5 aromatic rings. The van der Waals surface area contributed by atoms with E-state index in [1.54, 1.807) is 6.20 Å². The van der Waals surface area contributed by atoms with Crippen molar-refractivity contribution in [1.29, 1.82) is 0 Å². The first-order chi connectivity index (χ1) is 19.1. The molecular weight excluding hydrogens is 482 g/mol. The lowest BCUT2D eigenvalue weighted by Crippen LogP contribution is -2.47. The molecule has 1 aliphatic heterocycles. The maximum Gasteiger partial charge on any atom is 0.225 e. The van der Waals surface area contributed by atoms with Crippen LogP contribution in [0.25, 0.3) is 16.9 Å². The third-order valence-electron chi connectivity index (χ3n) is 7.99. The van der Waals surface area contributed by atoms with Crippen LogP contribution in [0.5, 0.6) is 0 Å². The van der Waals surface area contributed by atoms with Crippen LogP contribution in [0.1, 0.15) is 36.9 Å². The number of hydrogen-bond donors (Lipinski definition) is 2. The Kier molecular flexibility index (Phi) is 6.99. The minimum absolute atomic E-state index is 0.0956. The number of hydrogen-bond acceptors (Lipinski definition) is 6. The number of anilines is 2. The Morgan fingerprint density at radius 3 is 2.46 bits per heavy atom. The van der Waals surface area contributed by atoms with E-state index in [0.29, 0.717) is 5.95 Å². The van der Waals surface area contributed by atoms with E-state index in [9.17, 15) is 0 Å². The fraction of sp³-hybridized carbons (Fsp3) is 0.281. The molecular formula is C32H35N7. The predicted octanol–water partition coefficient (Wildman–Crippen LogP) is 5.75. The van der Waals surface area contributed by atoms with E-state index in [1.807, 2.05) is 35.2 Å². The summed E-state index contributed by atoms with van der Waals surface area (Å²) >= 11 is 0. The van der Waals surface area contributed by atoms with Gasteiger partial charge in [-0.05, 0) is 68.2 Å². The van der Waals surface area contributed by atoms with Gasteiger partial charge in [0.2, 0.25) is 5.95 Å². The van der Waals surface area contributed by atoms with E-state index in [4.69, 9.17) is 9.97 Å². The van der Waals surface area contributed by atoms with Crippen molar-refractivity contribution in [2.24, 2.45) is 0 Å². The Hall–Kier alpha value is -4.23. The van der Waals surface area contributed by atoms with Crippen LogP contribution in [0.4, 0.5) is 11.6 Å². The molecule has 1 atom stereocenters. The standard InChI is InChI=1S/C32H35N7/c1-24(25-9-5-3-6-10-25)36-31-34-18-15-30(37-31)39-23-35-28-21-27(13-14-29(28)39)38(2)22-32(16-19-33-20-17-32)26-11-7-4-8-12-26/h3-15,18,21,23-24,33H,16-17,19-20,22H2,1-2H3,(H,34,36,37). The number of rotatable bonds is 8. The number of aromatic nitrogens is 4. The third-order valence-corrected chi connectivity index (χ3v) is 7.99. The van der Waals surface area contributed by atoms with E-state index < -0.39 is 0 Å². The zero-order valence-corrected chi connectivity index (χ0v) is 22.6. The van der Waals surface area contributed by atoms with Gasteiger partial charge in [-0.2, -0.15) is 4.98 Å². The molecule has 0 radical (unpaired) electrons. The molecule has 0 amide bonds. The molecule has 0 aliphatic carbocycles. The maximum atomic E-state index is 4.79. The van der Waals surface area contributed by atoms with Crippen LogP contribution in [0, 0.1) is 0 Å². The summed E-state index contributed by atoms with van der Waals surface area (Å²) in [6, 6.07) is 29.9. The highest BCUT2D eigenvalue weighted by atomic mass is 15.2. The molecule has 7 nitrogen and oxygen atoms in total. The smallest absolute Gasteiger partial charge is 0.225 e. The number of nitrogens with zero attached hydrogens (tertiary/aromatic N) is 5. The highest BCUT2D eigenvalue weighted by Crippen LogP contribution is 2.36. The van der Waals surface area contributed by atoms with Crippen LogP contribution in [-0.4, -0.2) is 46.2 Å². The number of benzene rings is 3. The zero-order valence-electron chi connectivity index (χ0n) is 22.6. The van der Waals surface area contributed by atoms with E-state index in [0.717, 1.165) is 49.3 Å². The summed E-state index contributed by atoms with van der Waals surface area (Å²) < 4.78 is 2.03. The average molecular weight is 518 g/mol. The van der Waals surface area contributed by atoms with Crippen LogP contribution < -0.4 is 15.5 Å². The van der Waals surface area contributed by atoms with Gasteiger partial charge in [0, 0.05) is 30.9 Å². The van der Waals surface area contributed by atoms with Crippen molar-refractivity contribution in [2.75, 3.05) is 36.9 Å². The Balaban J connectivity index is 1.23. The van der Waals surface area contributed by atoms with Crippen molar-refractivity contribution >= 4 is 22.7 Å². The SMILES string of the molecule is CC(Nc1nccc(-n2cnc3cc(N(C)CC4(c5ccccc5)CCNCC4)ccc32)n1)c1ccccc1. The summed E-state index contributed by atoms with van der Waals surface area (Å²) in [5.74, 6) is 1.38. The highest BCUT2D eigenvalue weighted by molar-refractivity contribution is 5.81. The molecule has 3 heterocycles. The molecule has 2 N–H and O–H groups in total. The van der Waals surface area contributed by atoms with Crippen LogP contribution in [-0.2, 0) is 5.41 Å². The first-order valence-corrected chi connectivity index (χ1v) is 13.7. The summed E-state index contributed by atoms with van der Waals surface area (Å²) in [7, 11) is 2.20. The second kappa shape index (κ2) is 10.9. The molecule has 198 valence electrons. The summed E-state index contributed by atoms with van der Waals surface area (Å²) in [4.78, 5) is 16.4. The quantitative estimate of drug-likeness (QED) is 0.273. The maximum absolute atomic E-state index is 4.79. The lowest BCUT2D eigenvalue weighted by atomic mass is 9.72. The molecule has 3 aromatic carbocycles. The minimum atomic E-state index is 0.0956. The normalized spacial score (nSPS) is 15.6. The molecule has 6 rings (SSSR count). The van der Waals surface area contributed by atoms with E-state index in [1.165, 1.54) is 16.8 Å². The van der Waals surface area contributed by atoms with Gasteiger partial charge in [0.05, 0.1) is 17.1 Å². The number of piperidine rings is 1. The van der Waals surface area contributed by atoms with Gasteiger partial charge in [-0.15, -0.1) is 0 Å². The van der Waals surface area contributed by atoms with Crippen LogP contribution >= 0.6 is 0 Å². The Morgan fingerprint density at radius 1 is 0.949 bits per heavy atom. The van der Waals surface area contributed by atoms with Crippen LogP contribution in [0.15, 0.2) is 97.5 Å². The third kappa shape index (κ3) is 5.22. The molecule has 0 saturated carbocycles. The molecule has 0 bridgehead atoms. The van der Waals surface area contributed by atoms with Crippen molar-refractivity contribution in [2.45, 2.75) is 31.2 Å². The molecule has 2 aromatic heterocycles. The molecule has 1 unspecified atom stereocenters. The van der Waals surface area contributed by atoms with Crippen LogP contribution in [0.2, 0.25) is 0 Å². The second-order valence-corrected chi connectivity index (χ2v) is 10.6. The monoisotopic (exact) mass is 517 g/mol. The molecule has 1 fully saturated rings. The van der Waals surface area contributed by atoms with Crippen molar-refractivity contribution in [3.05, 3.63) is 109 Å². The Bertz CT molecular complexity index is 1520. The van der Waals surface area contributed by atoms with Gasteiger partial charge in [0.1, 0.15) is 12.1 Å². The summed E-state index contributed by atoms with van der Waals surface area (Å²) in [5.41, 5.74) is 5.89. The fourth-order valence-corrected chi connectivity index (χ4v) is 5.77. The van der Waals surface area contributed by atoms with Gasteiger partial charge in [-0.25, -0.2) is 9.97 Å². The zero-order chi connectivity index (χ0) is 26.7. The van der Waals surface area contributed by atoms with Gasteiger partial charge < -0.3 is 15.5 Å². The minimum Gasteiger partial charge on any atom is -0.374 e. The van der Waals surface area contributed by atoms with Crippen molar-refractivity contribution in [3.8, 4) is 5.82 Å². The van der Waals surface area contributed by atoms with Crippen molar-refractivity contribution < 1.29 is 0 Å². The summed E-state index contributed by atoms with van der Waals surface area (Å²) in [5, 5.41) is 6.96. The summed E-state index contributed by atoms with van der Waals surface area (Å²) in [6.45, 7) is 5.17. The van der Waals surface area contributed by atoms with Gasteiger partial charge in [-0.3, -0.25) is 4.57 Å². The fourth-order valence-electron chi connectivity index (χ4n) is 5.77. The molecule has 7 heteroatoms. The molecule has 0 spiro atoms. The van der Waals surface area contributed by atoms with Crippen molar-refractivity contribution in [3.63, 3.8) is 0 Å². The van der Waals surface area contributed by atoms with Gasteiger partial charge >= 0.3 is 0 Å². The second-order valence-electron chi connectivity index (χ2n) is 10.6. The summed E-state index contributed by atoms with van der Waals surface area (Å²) in [6.07, 6.45) is 5.90. The van der Waals surface area contributed by atoms with Crippen molar-refractivity contribution in [1.82, 2.24) is 24.8 Å². The number of likely N-dealkylation sites (N-methyl/N-ethyl adjacent to an activating group) is 1. The lowest BCUT2D eigenvalue weighted by molar-refractivity contribution is 0.312. The first-order valence-electron chi connectivity index (χ1n) is 13.7. The number of imidazole rings is 1. The van der Waals surface area contributed by atoms with Gasteiger partial charge in [0.15, 0.2) is 0 Å². The van der Waals surface area contributed by atoms with Gasteiger partial charge in [0.25, 0.3) is 0 Å². The highest BCUT2D eigenvalue weighted by Gasteiger charge is 2.35. The topological polar surface area (TPSA) is 70.9 Å². The lowest BCUT2D eigenvalue weighted by Gasteiger charge is -2.41. The van der Waals surface area contributed by atoms with Gasteiger partial charge in [-0.1, -0.05) is 60.7 Å². The van der Waals surface area contributed by atoms with E-state index in [2.05, 4.69) is 95.2 Å². The number of nitrogens with one attached hydrogen (secondary N) is 2. The van der Waals surface area contributed by atoms with E-state index >= 15 is 0 Å². The molecule has 1 aliphatic rings. The average Bonchev–Trinajstić information content (AvgIpc) is 3.42. The molecule has 39 heavy (non-hydrogen) atoms. The Morgan fingerprint density at radius 2 is 1.69 bits per heavy atom. The van der Waals surface area contributed by atoms with E-state index in [-0.39, 0.29) is 11.5 Å². The number of fused-ring (bicyclic) bond motifs is 1. The molecule has 1 saturated heterocycles. The first kappa shape index (κ1) is 25.1. The Labute approximate surface area is 230 Å². The largest absolute Gasteiger partial charge is 0.374 e. The predicted molar refractivity (Wildman–Crippen MR) is 159 cm³/mol. The van der Waals surface area contributed by atoms with Crippen LogP contribution in [0.3, 0.4) is 0 Å².